The molecule has 0 bridgehead atoms. The Bertz CT molecular complexity index is 714. The zero-order valence-electron chi connectivity index (χ0n) is 12.4. The molecule has 1 heterocycles. The molecule has 1 aromatic carbocycles. The molecule has 5 heteroatoms. The van der Waals surface area contributed by atoms with Crippen molar-refractivity contribution in [1.82, 2.24) is 0 Å². The van der Waals surface area contributed by atoms with Gasteiger partial charge >= 0.3 is 11.6 Å². The summed E-state index contributed by atoms with van der Waals surface area (Å²) in [4.78, 5) is 23.7. The lowest BCUT2D eigenvalue weighted by atomic mass is 10.0. The van der Waals surface area contributed by atoms with Crippen molar-refractivity contribution in [3.05, 3.63) is 39.7 Å². The van der Waals surface area contributed by atoms with Gasteiger partial charge in [-0.15, -0.1) is 0 Å². The molecule has 0 radical (unpaired) electrons. The maximum atomic E-state index is 12.0. The van der Waals surface area contributed by atoms with Gasteiger partial charge in [-0.1, -0.05) is 13.3 Å². The van der Waals surface area contributed by atoms with Crippen LogP contribution in [0.2, 0.25) is 0 Å². The molecule has 112 valence electrons. The van der Waals surface area contributed by atoms with E-state index in [9.17, 15) is 9.59 Å². The zero-order chi connectivity index (χ0) is 15.4. The Morgan fingerprint density at radius 3 is 2.67 bits per heavy atom. The second kappa shape index (κ2) is 6.43. The second-order valence-electron chi connectivity index (χ2n) is 4.58. The van der Waals surface area contributed by atoms with Gasteiger partial charge in [-0.05, 0) is 31.5 Å². The Hall–Kier alpha value is -2.30. The van der Waals surface area contributed by atoms with E-state index in [1.54, 1.807) is 20.1 Å². The number of hydrogen-bond acceptors (Lipinski definition) is 5. The third kappa shape index (κ3) is 2.91. The van der Waals surface area contributed by atoms with Crippen LogP contribution >= 0.6 is 0 Å². The highest BCUT2D eigenvalue weighted by Crippen LogP contribution is 2.28. The molecule has 0 fully saturated rings. The summed E-state index contributed by atoms with van der Waals surface area (Å²) in [6.45, 7) is 3.92. The van der Waals surface area contributed by atoms with Crippen LogP contribution in [0.3, 0.4) is 0 Å². The quantitative estimate of drug-likeness (QED) is 0.625. The van der Waals surface area contributed by atoms with Crippen molar-refractivity contribution < 1.29 is 18.7 Å². The van der Waals surface area contributed by atoms with Crippen LogP contribution in [0.25, 0.3) is 11.0 Å². The molecular formula is C16H18O5. The van der Waals surface area contributed by atoms with Crippen molar-refractivity contribution in [2.45, 2.75) is 26.7 Å². The number of carbonyl (C=O) groups is 1. The van der Waals surface area contributed by atoms with E-state index in [4.69, 9.17) is 13.9 Å². The van der Waals surface area contributed by atoms with Gasteiger partial charge in [0.05, 0.1) is 13.7 Å². The number of ether oxygens (including phenoxy) is 2. The van der Waals surface area contributed by atoms with Crippen molar-refractivity contribution in [2.75, 3.05) is 13.7 Å². The van der Waals surface area contributed by atoms with Gasteiger partial charge in [-0.25, -0.2) is 9.59 Å². The minimum absolute atomic E-state index is 0.0861. The van der Waals surface area contributed by atoms with E-state index >= 15 is 0 Å². The van der Waals surface area contributed by atoms with Crippen molar-refractivity contribution >= 4 is 16.9 Å². The topological polar surface area (TPSA) is 65.7 Å². The molecule has 0 aliphatic carbocycles. The van der Waals surface area contributed by atoms with Gasteiger partial charge in [0.1, 0.15) is 16.9 Å². The van der Waals surface area contributed by atoms with Gasteiger partial charge in [0.15, 0.2) is 0 Å². The molecule has 0 atom stereocenters. The van der Waals surface area contributed by atoms with Crippen molar-refractivity contribution in [2.24, 2.45) is 0 Å². The first-order chi connectivity index (χ1) is 10.1. The van der Waals surface area contributed by atoms with E-state index in [1.807, 2.05) is 13.0 Å². The average molecular weight is 290 g/mol. The highest BCUT2D eigenvalue weighted by Gasteiger charge is 2.17. The monoisotopic (exact) mass is 290 g/mol. The fraction of sp³-hybridized carbons (Fsp3) is 0.375. The van der Waals surface area contributed by atoms with Crippen LogP contribution in [0.1, 0.15) is 36.2 Å². The number of rotatable bonds is 5. The van der Waals surface area contributed by atoms with Crippen LogP contribution < -0.4 is 10.4 Å². The predicted octanol–water partition coefficient (Wildman–Crippen LogP) is 2.93. The molecule has 2 aromatic rings. The lowest BCUT2D eigenvalue weighted by Crippen LogP contribution is -2.16. The molecular weight excluding hydrogens is 272 g/mol. The molecule has 0 spiro atoms. The Morgan fingerprint density at radius 2 is 2.05 bits per heavy atom. The molecule has 2 rings (SSSR count). The van der Waals surface area contributed by atoms with Crippen LogP contribution in [0.4, 0.5) is 0 Å². The van der Waals surface area contributed by atoms with Gasteiger partial charge in [0.25, 0.3) is 0 Å². The highest BCUT2D eigenvalue weighted by molar-refractivity contribution is 5.93. The van der Waals surface area contributed by atoms with E-state index in [0.717, 1.165) is 18.4 Å². The van der Waals surface area contributed by atoms with Crippen molar-refractivity contribution in [3.8, 4) is 5.75 Å². The molecule has 0 saturated carbocycles. The van der Waals surface area contributed by atoms with Gasteiger partial charge < -0.3 is 13.9 Å². The lowest BCUT2D eigenvalue weighted by molar-refractivity contribution is 0.0522. The summed E-state index contributed by atoms with van der Waals surface area (Å²) in [5.74, 6) is 0.0115. The zero-order valence-corrected chi connectivity index (χ0v) is 12.4. The van der Waals surface area contributed by atoms with Gasteiger partial charge in [-0.3, -0.25) is 0 Å². The largest absolute Gasteiger partial charge is 0.496 e. The van der Waals surface area contributed by atoms with E-state index in [-0.39, 0.29) is 12.2 Å². The molecule has 0 N–H and O–H groups in total. The molecule has 0 aliphatic rings. The van der Waals surface area contributed by atoms with Crippen LogP contribution in [0, 0.1) is 0 Å². The summed E-state index contributed by atoms with van der Waals surface area (Å²) in [6, 6.07) is 5.08. The first-order valence-electron chi connectivity index (χ1n) is 6.93. The summed E-state index contributed by atoms with van der Waals surface area (Å²) in [7, 11) is 1.57. The van der Waals surface area contributed by atoms with Crippen LogP contribution in [-0.4, -0.2) is 19.7 Å². The van der Waals surface area contributed by atoms with Crippen LogP contribution in [0.15, 0.2) is 27.4 Å². The Morgan fingerprint density at radius 1 is 1.29 bits per heavy atom. The summed E-state index contributed by atoms with van der Waals surface area (Å²) in [5, 5.41) is 0.682. The number of carbonyl (C=O) groups excluding carboxylic acids is 1. The Balaban J connectivity index is 2.66. The minimum atomic E-state index is -0.688. The molecule has 0 unspecified atom stereocenters. The average Bonchev–Trinajstić information content (AvgIpc) is 2.47. The smallest absolute Gasteiger partial charge is 0.351 e. The van der Waals surface area contributed by atoms with E-state index in [2.05, 4.69) is 0 Å². The summed E-state index contributed by atoms with van der Waals surface area (Å²) >= 11 is 0. The Labute approximate surface area is 122 Å². The number of hydrogen-bond donors (Lipinski definition) is 0. The van der Waals surface area contributed by atoms with Crippen molar-refractivity contribution in [3.63, 3.8) is 0 Å². The third-order valence-corrected chi connectivity index (χ3v) is 3.18. The third-order valence-electron chi connectivity index (χ3n) is 3.18. The van der Waals surface area contributed by atoms with Crippen molar-refractivity contribution in [1.29, 1.82) is 0 Å². The number of fused-ring (bicyclic) bond motifs is 1. The number of esters is 1. The first kappa shape index (κ1) is 15.1. The summed E-state index contributed by atoms with van der Waals surface area (Å²) in [6.07, 6.45) is 1.61. The van der Waals surface area contributed by atoms with E-state index in [0.29, 0.717) is 16.7 Å². The normalized spacial score (nSPS) is 10.6. The maximum absolute atomic E-state index is 12.0. The first-order valence-corrected chi connectivity index (χ1v) is 6.93. The summed E-state index contributed by atoms with van der Waals surface area (Å²) < 4.78 is 15.5. The fourth-order valence-corrected chi connectivity index (χ4v) is 2.25. The number of aryl methyl sites for hydroxylation is 1. The van der Waals surface area contributed by atoms with Crippen LogP contribution in [-0.2, 0) is 11.2 Å². The Kier molecular flexibility index (Phi) is 4.62. The molecule has 1 aromatic heterocycles. The predicted molar refractivity (Wildman–Crippen MR) is 79.0 cm³/mol. The van der Waals surface area contributed by atoms with E-state index < -0.39 is 11.6 Å². The summed E-state index contributed by atoms with van der Waals surface area (Å²) in [5.41, 5.74) is 0.530. The van der Waals surface area contributed by atoms with Gasteiger partial charge in [0, 0.05) is 10.9 Å². The number of benzene rings is 1. The standard InChI is InChI=1S/C16H18O5/c1-4-6-11-13(19-3)8-7-10-9-12(15(17)20-5-2)16(18)21-14(10)11/h7-9H,4-6H2,1-3H3. The highest BCUT2D eigenvalue weighted by atomic mass is 16.5. The van der Waals surface area contributed by atoms with Gasteiger partial charge in [0.2, 0.25) is 0 Å². The molecule has 0 saturated heterocycles. The molecule has 0 amide bonds. The van der Waals surface area contributed by atoms with E-state index in [1.165, 1.54) is 6.07 Å². The maximum Gasteiger partial charge on any atom is 0.351 e. The fourth-order valence-electron chi connectivity index (χ4n) is 2.25. The molecule has 5 nitrogen and oxygen atoms in total. The minimum Gasteiger partial charge on any atom is -0.496 e. The second-order valence-corrected chi connectivity index (χ2v) is 4.58. The molecule has 0 aliphatic heterocycles. The number of methoxy groups -OCH3 is 1. The van der Waals surface area contributed by atoms with Gasteiger partial charge in [-0.2, -0.15) is 0 Å². The lowest BCUT2D eigenvalue weighted by Gasteiger charge is -2.10. The van der Waals surface area contributed by atoms with Crippen LogP contribution in [0.5, 0.6) is 5.75 Å². The SMILES string of the molecule is CCCc1c(OC)ccc2cc(C(=O)OCC)c(=O)oc12. The molecule has 21 heavy (non-hydrogen) atoms.